The Morgan fingerprint density at radius 2 is 0.726 bits per heavy atom. The van der Waals surface area contributed by atoms with Gasteiger partial charge >= 0.3 is 0 Å². The zero-order valence-corrected chi connectivity index (χ0v) is 40.1. The number of hydrogen-bond acceptors (Lipinski definition) is 1. The Balaban J connectivity index is 0.870. The lowest BCUT2D eigenvalue weighted by Gasteiger charge is -2.35. The molecule has 1 aliphatic carbocycles. The van der Waals surface area contributed by atoms with Gasteiger partial charge in [0.25, 0.3) is 0 Å². The summed E-state index contributed by atoms with van der Waals surface area (Å²) in [5, 5.41) is 5.01. The number of benzene rings is 12. The van der Waals surface area contributed by atoms with E-state index in [1.807, 2.05) is 0 Å². The molecule has 14 rings (SSSR count). The zero-order valence-electron chi connectivity index (χ0n) is 40.1. The summed E-state index contributed by atoms with van der Waals surface area (Å²) in [5.41, 5.74) is 21.0. The Morgan fingerprint density at radius 1 is 0.274 bits per heavy atom. The predicted octanol–water partition coefficient (Wildman–Crippen LogP) is 18.8. The third-order valence-corrected chi connectivity index (χ3v) is 15.3. The molecule has 0 radical (unpaired) electrons. The molecule has 1 heterocycles. The van der Waals surface area contributed by atoms with Crippen molar-refractivity contribution in [3.05, 3.63) is 313 Å². The number of nitrogens with zero attached hydrogens (tertiary/aromatic N) is 2. The van der Waals surface area contributed by atoms with E-state index in [1.54, 1.807) is 0 Å². The summed E-state index contributed by atoms with van der Waals surface area (Å²) >= 11 is 0. The van der Waals surface area contributed by atoms with Crippen LogP contribution < -0.4 is 4.90 Å². The van der Waals surface area contributed by atoms with E-state index >= 15 is 0 Å². The number of hydrogen-bond donors (Lipinski definition) is 0. The quantitative estimate of drug-likeness (QED) is 0.140. The van der Waals surface area contributed by atoms with E-state index in [0.29, 0.717) is 0 Å². The van der Waals surface area contributed by atoms with Gasteiger partial charge in [-0.3, -0.25) is 0 Å². The standard InChI is InChI=1S/C71H48N2/c1-3-19-56(20-4-1)71(57-21-5-2-6-22-57)66-27-13-9-24-62(66)63-46-45-60(48-67(63)71)72(59-43-39-52(40-44-59)55-36-33-49-17-7-8-18-54(49)47-55)58-41-37-51(38-42-58)50-31-34-53(35-32-50)61-23-10-14-28-68(61)73-69-29-15-11-25-64(69)65-26-12-16-30-70(65)73/h1-48H. The van der Waals surface area contributed by atoms with Gasteiger partial charge in [0.05, 0.1) is 22.1 Å². The molecule has 342 valence electrons. The van der Waals surface area contributed by atoms with Crippen molar-refractivity contribution in [2.45, 2.75) is 5.41 Å². The number of fused-ring (bicyclic) bond motifs is 7. The molecule has 1 aliphatic rings. The fourth-order valence-corrected chi connectivity index (χ4v) is 11.9. The van der Waals surface area contributed by atoms with Crippen molar-refractivity contribution in [2.24, 2.45) is 0 Å². The van der Waals surface area contributed by atoms with E-state index in [1.165, 1.54) is 99.5 Å². The van der Waals surface area contributed by atoms with Crippen molar-refractivity contribution in [2.75, 3.05) is 4.90 Å². The summed E-state index contributed by atoms with van der Waals surface area (Å²) in [4.78, 5) is 2.42. The molecule has 2 heteroatoms. The molecule has 0 aliphatic heterocycles. The maximum absolute atomic E-state index is 2.45. The first-order valence-corrected chi connectivity index (χ1v) is 25.2. The maximum atomic E-state index is 2.45. The molecule has 0 unspecified atom stereocenters. The second kappa shape index (κ2) is 17.4. The lowest BCUT2D eigenvalue weighted by molar-refractivity contribution is 0.768. The van der Waals surface area contributed by atoms with Crippen molar-refractivity contribution >= 4 is 49.6 Å². The van der Waals surface area contributed by atoms with E-state index in [-0.39, 0.29) is 0 Å². The van der Waals surface area contributed by atoms with Gasteiger partial charge in [-0.25, -0.2) is 0 Å². The molecule has 0 saturated carbocycles. The average molecular weight is 929 g/mol. The summed E-state index contributed by atoms with van der Waals surface area (Å²) in [6.45, 7) is 0. The van der Waals surface area contributed by atoms with Crippen LogP contribution in [-0.2, 0) is 5.41 Å². The highest BCUT2D eigenvalue weighted by Crippen LogP contribution is 2.57. The molecule has 13 aromatic rings. The predicted molar refractivity (Wildman–Crippen MR) is 307 cm³/mol. The minimum Gasteiger partial charge on any atom is -0.310 e. The summed E-state index contributed by atoms with van der Waals surface area (Å²) in [6.07, 6.45) is 0. The molecule has 0 spiro atoms. The van der Waals surface area contributed by atoms with Gasteiger partial charge in [0.1, 0.15) is 0 Å². The van der Waals surface area contributed by atoms with Gasteiger partial charge in [0.15, 0.2) is 0 Å². The topological polar surface area (TPSA) is 8.17 Å². The van der Waals surface area contributed by atoms with Gasteiger partial charge in [0, 0.05) is 33.4 Å². The highest BCUT2D eigenvalue weighted by molar-refractivity contribution is 6.09. The van der Waals surface area contributed by atoms with Crippen LogP contribution in [0.15, 0.2) is 291 Å². The van der Waals surface area contributed by atoms with E-state index in [9.17, 15) is 0 Å². The summed E-state index contributed by atoms with van der Waals surface area (Å²) in [7, 11) is 0. The molecule has 12 aromatic carbocycles. The third-order valence-electron chi connectivity index (χ3n) is 15.3. The van der Waals surface area contributed by atoms with Crippen molar-refractivity contribution < 1.29 is 0 Å². The van der Waals surface area contributed by atoms with Crippen LogP contribution in [0, 0.1) is 0 Å². The van der Waals surface area contributed by atoms with Crippen LogP contribution in [0.3, 0.4) is 0 Å². The Morgan fingerprint density at radius 3 is 1.37 bits per heavy atom. The van der Waals surface area contributed by atoms with Crippen LogP contribution in [0.1, 0.15) is 22.3 Å². The van der Waals surface area contributed by atoms with Gasteiger partial charge in [-0.1, -0.05) is 231 Å². The molecular weight excluding hydrogens is 881 g/mol. The molecule has 0 atom stereocenters. The molecule has 0 amide bonds. The molecule has 1 aromatic heterocycles. The van der Waals surface area contributed by atoms with Gasteiger partial charge in [-0.2, -0.15) is 0 Å². The van der Waals surface area contributed by atoms with E-state index in [4.69, 9.17) is 0 Å². The lowest BCUT2D eigenvalue weighted by Crippen LogP contribution is -2.28. The van der Waals surface area contributed by atoms with E-state index in [0.717, 1.165) is 22.6 Å². The van der Waals surface area contributed by atoms with Gasteiger partial charge in [0.2, 0.25) is 0 Å². The van der Waals surface area contributed by atoms with Crippen LogP contribution in [0.25, 0.3) is 82.8 Å². The number of para-hydroxylation sites is 3. The average Bonchev–Trinajstić information content (AvgIpc) is 3.97. The number of aromatic nitrogens is 1. The number of anilines is 3. The van der Waals surface area contributed by atoms with Crippen molar-refractivity contribution in [1.29, 1.82) is 0 Å². The largest absolute Gasteiger partial charge is 0.310 e. The Hall–Kier alpha value is -9.50. The summed E-state index contributed by atoms with van der Waals surface area (Å²) in [6, 6.07) is 107. The molecule has 73 heavy (non-hydrogen) atoms. The van der Waals surface area contributed by atoms with E-state index < -0.39 is 5.41 Å². The van der Waals surface area contributed by atoms with Crippen LogP contribution in [0.2, 0.25) is 0 Å². The second-order valence-corrected chi connectivity index (χ2v) is 19.2. The van der Waals surface area contributed by atoms with Gasteiger partial charge < -0.3 is 9.47 Å². The van der Waals surface area contributed by atoms with Crippen LogP contribution in [-0.4, -0.2) is 4.57 Å². The Kier molecular flexibility index (Phi) is 10.1. The number of rotatable bonds is 9. The van der Waals surface area contributed by atoms with Crippen LogP contribution in [0.4, 0.5) is 17.1 Å². The molecular formula is C71H48N2. The first-order chi connectivity index (χ1) is 36.2. The lowest BCUT2D eigenvalue weighted by atomic mass is 9.67. The second-order valence-electron chi connectivity index (χ2n) is 19.2. The fraction of sp³-hybridized carbons (Fsp3) is 0.0141. The first-order valence-electron chi connectivity index (χ1n) is 25.2. The van der Waals surface area contributed by atoms with Crippen molar-refractivity contribution in [1.82, 2.24) is 4.57 Å². The van der Waals surface area contributed by atoms with Crippen molar-refractivity contribution in [3.8, 4) is 50.2 Å². The Labute approximate surface area is 426 Å². The highest BCUT2D eigenvalue weighted by Gasteiger charge is 2.46. The molecule has 0 N–H and O–H groups in total. The maximum Gasteiger partial charge on any atom is 0.0714 e. The molecule has 0 bridgehead atoms. The minimum atomic E-state index is -0.518. The minimum absolute atomic E-state index is 0.518. The zero-order chi connectivity index (χ0) is 48.3. The van der Waals surface area contributed by atoms with Gasteiger partial charge in [-0.15, -0.1) is 0 Å². The molecule has 0 fully saturated rings. The monoisotopic (exact) mass is 928 g/mol. The van der Waals surface area contributed by atoms with E-state index in [2.05, 4.69) is 301 Å². The van der Waals surface area contributed by atoms with Crippen molar-refractivity contribution in [3.63, 3.8) is 0 Å². The third kappa shape index (κ3) is 6.94. The normalized spacial score (nSPS) is 12.5. The van der Waals surface area contributed by atoms with Crippen LogP contribution in [0.5, 0.6) is 0 Å². The SMILES string of the molecule is c1ccc(C2(c3ccccc3)c3ccccc3-c3ccc(N(c4ccc(-c5ccc(-c6ccccc6-n6c7ccccc7c7ccccc76)cc5)cc4)c4ccc(-c5ccc6ccccc6c5)cc4)cc32)cc1. The highest BCUT2D eigenvalue weighted by atomic mass is 15.1. The molecule has 2 nitrogen and oxygen atoms in total. The fourth-order valence-electron chi connectivity index (χ4n) is 11.9. The smallest absolute Gasteiger partial charge is 0.0714 e. The Bertz CT molecular complexity index is 4080. The first kappa shape index (κ1) is 42.4. The van der Waals surface area contributed by atoms with Gasteiger partial charge in [-0.05, 0) is 133 Å². The summed E-state index contributed by atoms with van der Waals surface area (Å²) in [5.74, 6) is 0. The molecule has 0 saturated heterocycles. The summed E-state index contributed by atoms with van der Waals surface area (Å²) < 4.78 is 2.42. The van der Waals surface area contributed by atoms with Crippen LogP contribution >= 0.6 is 0 Å².